The van der Waals surface area contributed by atoms with Crippen LogP contribution < -0.4 is 0 Å². The lowest BCUT2D eigenvalue weighted by Gasteiger charge is -2.33. The first-order valence-electron chi connectivity index (χ1n) is 16.4. The molecule has 0 bridgehead atoms. The van der Waals surface area contributed by atoms with Gasteiger partial charge >= 0.3 is 11.9 Å². The summed E-state index contributed by atoms with van der Waals surface area (Å²) in [5, 5.41) is 14.3. The largest absolute Gasteiger partial charge is 0.460 e. The van der Waals surface area contributed by atoms with Crippen molar-refractivity contribution in [3.05, 3.63) is 83.1 Å². The Labute approximate surface area is 274 Å². The topological polar surface area (TPSA) is 94.2 Å². The fraction of sp³-hybridized carbons (Fsp3) is 0.487. The molecule has 0 saturated carbocycles. The Kier molecular flexibility index (Phi) is 10.9. The van der Waals surface area contributed by atoms with E-state index in [1.165, 1.54) is 5.56 Å². The summed E-state index contributed by atoms with van der Waals surface area (Å²) in [6, 6.07) is 20.1. The number of nitriles is 1. The van der Waals surface area contributed by atoms with E-state index in [9.17, 15) is 14.9 Å². The Morgan fingerprint density at radius 1 is 1.00 bits per heavy atom. The predicted molar refractivity (Wildman–Crippen MR) is 181 cm³/mol. The van der Waals surface area contributed by atoms with Crippen LogP contribution >= 0.6 is 0 Å². The fourth-order valence-electron chi connectivity index (χ4n) is 6.07. The van der Waals surface area contributed by atoms with E-state index in [2.05, 4.69) is 56.3 Å². The molecular weight excluding hydrogens is 574 g/mol. The highest BCUT2D eigenvalue weighted by Gasteiger charge is 2.35. The number of ether oxygens (including phenoxy) is 2. The minimum Gasteiger partial charge on any atom is -0.460 e. The lowest BCUT2D eigenvalue weighted by molar-refractivity contribution is -0.163. The van der Waals surface area contributed by atoms with Crippen LogP contribution in [-0.4, -0.2) is 32.9 Å². The third-order valence-electron chi connectivity index (χ3n) is 8.48. The first-order valence-corrected chi connectivity index (χ1v) is 16.4. The Morgan fingerprint density at radius 3 is 2.22 bits per heavy atom. The van der Waals surface area contributed by atoms with Crippen LogP contribution in [0.1, 0.15) is 97.4 Å². The van der Waals surface area contributed by atoms with Crippen molar-refractivity contribution in [1.82, 2.24) is 9.78 Å². The number of carbonyl (C=O) groups is 2. The second kappa shape index (κ2) is 14.5. The zero-order valence-electron chi connectivity index (χ0n) is 28.7. The summed E-state index contributed by atoms with van der Waals surface area (Å²) in [5.74, 6) is -0.269. The minimum absolute atomic E-state index is 0.0892. The first kappa shape index (κ1) is 34.7. The monoisotopic (exact) mass is 623 g/mol. The molecule has 0 saturated heterocycles. The summed E-state index contributed by atoms with van der Waals surface area (Å²) in [5.41, 5.74) is 5.56. The minimum atomic E-state index is -0.585. The Morgan fingerprint density at radius 2 is 1.65 bits per heavy atom. The molecule has 0 radical (unpaired) electrons. The molecule has 46 heavy (non-hydrogen) atoms. The molecule has 244 valence electrons. The van der Waals surface area contributed by atoms with Crippen LogP contribution in [0.3, 0.4) is 0 Å². The van der Waals surface area contributed by atoms with Gasteiger partial charge in [-0.1, -0.05) is 48.4 Å². The highest BCUT2D eigenvalue weighted by Crippen LogP contribution is 2.37. The molecule has 3 aromatic rings. The van der Waals surface area contributed by atoms with Gasteiger partial charge in [-0.15, -0.1) is 0 Å². The highest BCUT2D eigenvalue weighted by molar-refractivity contribution is 5.74. The fourth-order valence-corrected chi connectivity index (χ4v) is 6.07. The number of hydrogen-bond acceptors (Lipinski definition) is 6. The van der Waals surface area contributed by atoms with Gasteiger partial charge in [0.25, 0.3) is 0 Å². The van der Waals surface area contributed by atoms with E-state index in [0.717, 1.165) is 47.5 Å². The lowest BCUT2D eigenvalue weighted by atomic mass is 9.74. The van der Waals surface area contributed by atoms with E-state index in [4.69, 9.17) is 14.6 Å². The molecule has 1 aliphatic carbocycles. The summed E-state index contributed by atoms with van der Waals surface area (Å²) >= 11 is 0. The zero-order valence-corrected chi connectivity index (χ0v) is 28.7. The maximum absolute atomic E-state index is 13.7. The van der Waals surface area contributed by atoms with Gasteiger partial charge in [-0.2, -0.15) is 10.4 Å². The van der Waals surface area contributed by atoms with Crippen LogP contribution in [0.5, 0.6) is 0 Å². The van der Waals surface area contributed by atoms with Crippen LogP contribution in [0.25, 0.3) is 16.9 Å². The van der Waals surface area contributed by atoms with Gasteiger partial charge in [0, 0.05) is 5.56 Å². The molecule has 2 aromatic carbocycles. The highest BCUT2D eigenvalue weighted by atomic mass is 16.6. The Bertz CT molecular complexity index is 1580. The Balaban J connectivity index is 1.55. The van der Waals surface area contributed by atoms with Crippen molar-refractivity contribution in [2.24, 2.45) is 17.8 Å². The van der Waals surface area contributed by atoms with Crippen molar-refractivity contribution >= 4 is 11.9 Å². The van der Waals surface area contributed by atoms with E-state index in [0.29, 0.717) is 30.7 Å². The summed E-state index contributed by atoms with van der Waals surface area (Å²) < 4.78 is 13.4. The van der Waals surface area contributed by atoms with Crippen LogP contribution in [0.2, 0.25) is 0 Å². The normalized spacial score (nSPS) is 16.6. The first-order chi connectivity index (χ1) is 21.6. The van der Waals surface area contributed by atoms with Gasteiger partial charge in [-0.25, -0.2) is 4.68 Å². The molecule has 3 atom stereocenters. The van der Waals surface area contributed by atoms with Gasteiger partial charge in [0.05, 0.1) is 41.0 Å². The quantitative estimate of drug-likeness (QED) is 0.166. The smallest absolute Gasteiger partial charge is 0.310 e. The van der Waals surface area contributed by atoms with Crippen LogP contribution in [-0.2, 0) is 25.5 Å². The van der Waals surface area contributed by atoms with Crippen molar-refractivity contribution in [2.45, 2.75) is 105 Å². The third-order valence-corrected chi connectivity index (χ3v) is 8.48. The van der Waals surface area contributed by atoms with Gasteiger partial charge in [0.15, 0.2) is 0 Å². The molecule has 0 aliphatic heterocycles. The van der Waals surface area contributed by atoms with Crippen LogP contribution in [0.4, 0.5) is 0 Å². The average molecular weight is 624 g/mol. The third kappa shape index (κ3) is 9.66. The van der Waals surface area contributed by atoms with E-state index < -0.39 is 11.2 Å². The van der Waals surface area contributed by atoms with E-state index in [-0.39, 0.29) is 23.8 Å². The maximum atomic E-state index is 13.7. The molecule has 7 heteroatoms. The van der Waals surface area contributed by atoms with Gasteiger partial charge < -0.3 is 9.47 Å². The molecule has 0 amide bonds. The van der Waals surface area contributed by atoms with Crippen molar-refractivity contribution in [3.8, 4) is 23.0 Å². The van der Waals surface area contributed by atoms with Crippen molar-refractivity contribution < 1.29 is 19.1 Å². The number of benzene rings is 2. The SMILES string of the molecule is Cc1ccc(-c2cc(CCC(C(=O)OC(C)(C)C)C(C)C3CC=C(CC(=O)OC(C)(C)C)CC3)nn2-c2ccc(C#N)cc2)cc1. The molecule has 4 rings (SSSR count). The van der Waals surface area contributed by atoms with Gasteiger partial charge in [0.1, 0.15) is 11.2 Å². The standard InChI is InChI=1S/C39H49N3O4/c1-26-9-15-31(16-10-26)35-24-32(41-42(35)33-20-13-29(25-40)14-21-33)19-22-34(37(44)46-39(6,7)8)27(2)30-17-11-28(12-18-30)23-36(43)45-38(3,4)5/h9-11,13-16,20-21,24,27,30,34H,12,17-19,22-23H2,1-8H3. The molecule has 1 aromatic heterocycles. The summed E-state index contributed by atoms with van der Waals surface area (Å²) in [6.45, 7) is 15.6. The summed E-state index contributed by atoms with van der Waals surface area (Å²) in [4.78, 5) is 26.1. The number of rotatable bonds is 10. The second-order valence-electron chi connectivity index (χ2n) is 14.7. The van der Waals surface area contributed by atoms with E-state index >= 15 is 0 Å². The number of aryl methyl sites for hydroxylation is 2. The molecule has 1 heterocycles. The predicted octanol–water partition coefficient (Wildman–Crippen LogP) is 8.70. The second-order valence-corrected chi connectivity index (χ2v) is 14.7. The maximum Gasteiger partial charge on any atom is 0.310 e. The summed E-state index contributed by atoms with van der Waals surface area (Å²) in [7, 11) is 0. The molecule has 0 N–H and O–H groups in total. The van der Waals surface area contributed by atoms with Crippen molar-refractivity contribution in [3.63, 3.8) is 0 Å². The molecule has 0 spiro atoms. The number of allylic oxidation sites excluding steroid dienone is 1. The van der Waals surface area contributed by atoms with Crippen molar-refractivity contribution in [2.75, 3.05) is 0 Å². The summed E-state index contributed by atoms with van der Waals surface area (Å²) in [6.07, 6.45) is 6.28. The van der Waals surface area contributed by atoms with E-state index in [1.54, 1.807) is 12.1 Å². The van der Waals surface area contributed by atoms with Gasteiger partial charge in [-0.05, 0) is 123 Å². The molecule has 0 fully saturated rings. The van der Waals surface area contributed by atoms with Crippen molar-refractivity contribution in [1.29, 1.82) is 5.26 Å². The van der Waals surface area contributed by atoms with Gasteiger partial charge in [-0.3, -0.25) is 9.59 Å². The lowest BCUT2D eigenvalue weighted by Crippen LogP contribution is -2.35. The number of aromatic nitrogens is 2. The molecular formula is C39H49N3O4. The molecule has 7 nitrogen and oxygen atoms in total. The van der Waals surface area contributed by atoms with Crippen LogP contribution in [0.15, 0.2) is 66.2 Å². The van der Waals surface area contributed by atoms with E-state index in [1.807, 2.05) is 58.4 Å². The van der Waals surface area contributed by atoms with Gasteiger partial charge in [0.2, 0.25) is 0 Å². The Hall–Kier alpha value is -4.18. The number of esters is 2. The molecule has 3 unspecified atom stereocenters. The molecule has 1 aliphatic rings. The average Bonchev–Trinajstić information content (AvgIpc) is 3.40. The van der Waals surface area contributed by atoms with Crippen LogP contribution in [0, 0.1) is 36.0 Å². The number of hydrogen-bond donors (Lipinski definition) is 0. The zero-order chi connectivity index (χ0) is 33.6. The number of nitrogens with zero attached hydrogens (tertiary/aromatic N) is 3. The number of carbonyl (C=O) groups excluding carboxylic acids is 2.